The number of hydrogen-bond donors (Lipinski definition) is 0. The molecule has 1 saturated heterocycles. The van der Waals surface area contributed by atoms with Gasteiger partial charge in [-0.2, -0.15) is 5.26 Å². The van der Waals surface area contributed by atoms with Crippen LogP contribution in [0.3, 0.4) is 0 Å². The van der Waals surface area contributed by atoms with E-state index in [4.69, 9.17) is 9.68 Å². The summed E-state index contributed by atoms with van der Waals surface area (Å²) in [6.07, 6.45) is 5.08. The Morgan fingerprint density at radius 1 is 1.35 bits per heavy atom. The van der Waals surface area contributed by atoms with Gasteiger partial charge in [-0.05, 0) is 25.0 Å². The van der Waals surface area contributed by atoms with Crippen molar-refractivity contribution >= 4 is 5.91 Å². The second-order valence-electron chi connectivity index (χ2n) is 5.14. The quantitative estimate of drug-likeness (QED) is 0.742. The minimum Gasteiger partial charge on any atom is -0.440 e. The van der Waals surface area contributed by atoms with Gasteiger partial charge in [-0.1, -0.05) is 12.8 Å². The van der Waals surface area contributed by atoms with Gasteiger partial charge >= 0.3 is 0 Å². The van der Waals surface area contributed by atoms with Gasteiger partial charge in [-0.15, -0.1) is 0 Å². The highest BCUT2D eigenvalue weighted by atomic mass is 16.4. The first kappa shape index (κ1) is 10.4. The van der Waals surface area contributed by atoms with Crippen LogP contribution < -0.4 is 0 Å². The molecular weight excluding hydrogens is 216 g/mol. The van der Waals surface area contributed by atoms with Crippen LogP contribution in [0.4, 0.5) is 0 Å². The normalized spacial score (nSPS) is 21.2. The molecule has 88 valence electrons. The molecule has 4 heteroatoms. The van der Waals surface area contributed by atoms with Crippen molar-refractivity contribution in [2.24, 2.45) is 5.41 Å². The summed E-state index contributed by atoms with van der Waals surface area (Å²) in [4.78, 5) is 13.8. The lowest BCUT2D eigenvalue weighted by Gasteiger charge is -2.47. The highest BCUT2D eigenvalue weighted by Gasteiger charge is 2.47. The average molecular weight is 230 g/mol. The molecule has 0 atom stereocenters. The van der Waals surface area contributed by atoms with Gasteiger partial charge in [0.15, 0.2) is 5.76 Å². The average Bonchev–Trinajstić information content (AvgIpc) is 2.95. The van der Waals surface area contributed by atoms with Gasteiger partial charge < -0.3 is 9.32 Å². The summed E-state index contributed by atoms with van der Waals surface area (Å²) in [6, 6.07) is 5.01. The molecule has 1 aromatic rings. The van der Waals surface area contributed by atoms with Crippen LogP contribution in [0.2, 0.25) is 0 Å². The van der Waals surface area contributed by atoms with Crippen molar-refractivity contribution in [2.75, 3.05) is 13.1 Å². The van der Waals surface area contributed by atoms with E-state index >= 15 is 0 Å². The van der Waals surface area contributed by atoms with Crippen LogP contribution in [0.15, 0.2) is 16.5 Å². The second-order valence-corrected chi connectivity index (χ2v) is 5.14. The predicted molar refractivity (Wildman–Crippen MR) is 60.2 cm³/mol. The number of carbonyl (C=O) groups excluding carboxylic acids is 1. The van der Waals surface area contributed by atoms with Gasteiger partial charge in [0.1, 0.15) is 6.07 Å². The van der Waals surface area contributed by atoms with Gasteiger partial charge in [0, 0.05) is 18.5 Å². The maximum Gasteiger partial charge on any atom is 0.289 e. The number of likely N-dealkylation sites (tertiary alicyclic amines) is 1. The summed E-state index contributed by atoms with van der Waals surface area (Å²) >= 11 is 0. The smallest absolute Gasteiger partial charge is 0.289 e. The maximum atomic E-state index is 12.0. The van der Waals surface area contributed by atoms with Crippen LogP contribution in [-0.4, -0.2) is 23.9 Å². The summed E-state index contributed by atoms with van der Waals surface area (Å²) in [5.41, 5.74) is 0.403. The molecule has 1 saturated carbocycles. The molecule has 2 fully saturated rings. The van der Waals surface area contributed by atoms with Crippen LogP contribution >= 0.6 is 0 Å². The molecule has 4 nitrogen and oxygen atoms in total. The Morgan fingerprint density at radius 2 is 2.06 bits per heavy atom. The number of nitriles is 1. The van der Waals surface area contributed by atoms with E-state index in [1.54, 1.807) is 12.1 Å². The van der Waals surface area contributed by atoms with Gasteiger partial charge in [-0.3, -0.25) is 4.79 Å². The highest BCUT2D eigenvalue weighted by Crippen LogP contribution is 2.45. The summed E-state index contributed by atoms with van der Waals surface area (Å²) in [6.45, 7) is 1.71. The van der Waals surface area contributed by atoms with E-state index in [9.17, 15) is 4.79 Å². The van der Waals surface area contributed by atoms with E-state index in [1.807, 2.05) is 11.0 Å². The molecule has 1 aliphatic heterocycles. The van der Waals surface area contributed by atoms with Gasteiger partial charge in [0.2, 0.25) is 5.76 Å². The predicted octanol–water partition coefficient (Wildman–Crippen LogP) is 2.17. The Labute approximate surface area is 99.8 Å². The van der Waals surface area contributed by atoms with Crippen molar-refractivity contribution in [1.82, 2.24) is 4.90 Å². The van der Waals surface area contributed by atoms with E-state index in [1.165, 1.54) is 25.7 Å². The first-order chi connectivity index (χ1) is 8.22. The molecule has 0 radical (unpaired) electrons. The fourth-order valence-electron chi connectivity index (χ4n) is 3.02. The summed E-state index contributed by atoms with van der Waals surface area (Å²) in [5, 5.41) is 8.64. The summed E-state index contributed by atoms with van der Waals surface area (Å²) in [7, 11) is 0. The Bertz CT molecular complexity index is 484. The number of amides is 1. The molecule has 0 unspecified atom stereocenters. The molecule has 1 aliphatic carbocycles. The molecule has 0 bridgehead atoms. The van der Waals surface area contributed by atoms with Crippen molar-refractivity contribution < 1.29 is 9.21 Å². The monoisotopic (exact) mass is 230 g/mol. The molecule has 1 amide bonds. The molecule has 1 spiro atoms. The Balaban J connectivity index is 1.67. The zero-order valence-electron chi connectivity index (χ0n) is 9.61. The van der Waals surface area contributed by atoms with Crippen LogP contribution in [0.5, 0.6) is 0 Å². The van der Waals surface area contributed by atoms with Crippen LogP contribution in [0.25, 0.3) is 0 Å². The SMILES string of the molecule is N#Cc1ccc(C(=O)N2CC3(CCCC3)C2)o1. The Morgan fingerprint density at radius 3 is 2.65 bits per heavy atom. The van der Waals surface area contributed by atoms with E-state index in [2.05, 4.69) is 0 Å². The van der Waals surface area contributed by atoms with Crippen molar-refractivity contribution in [1.29, 1.82) is 5.26 Å². The maximum absolute atomic E-state index is 12.0. The van der Waals surface area contributed by atoms with E-state index < -0.39 is 0 Å². The third-order valence-corrected chi connectivity index (χ3v) is 3.93. The lowest BCUT2D eigenvalue weighted by molar-refractivity contribution is 0.00691. The van der Waals surface area contributed by atoms with Gasteiger partial charge in [-0.25, -0.2) is 0 Å². The van der Waals surface area contributed by atoms with Crippen molar-refractivity contribution in [3.05, 3.63) is 23.7 Å². The van der Waals surface area contributed by atoms with Gasteiger partial charge in [0.25, 0.3) is 5.91 Å². The van der Waals surface area contributed by atoms with E-state index in [0.717, 1.165) is 13.1 Å². The zero-order chi connectivity index (χ0) is 11.9. The minimum absolute atomic E-state index is 0.0796. The third-order valence-electron chi connectivity index (χ3n) is 3.93. The molecular formula is C13H14N2O2. The van der Waals surface area contributed by atoms with E-state index in [-0.39, 0.29) is 17.4 Å². The fourth-order valence-corrected chi connectivity index (χ4v) is 3.02. The Hall–Kier alpha value is -1.76. The first-order valence-corrected chi connectivity index (χ1v) is 6.02. The largest absolute Gasteiger partial charge is 0.440 e. The Kier molecular flexibility index (Phi) is 2.22. The molecule has 2 heterocycles. The topological polar surface area (TPSA) is 57.2 Å². The van der Waals surface area contributed by atoms with Crippen LogP contribution in [-0.2, 0) is 0 Å². The zero-order valence-corrected chi connectivity index (χ0v) is 9.61. The number of carbonyl (C=O) groups is 1. The highest BCUT2D eigenvalue weighted by molar-refractivity contribution is 5.92. The van der Waals surface area contributed by atoms with Crippen LogP contribution in [0, 0.1) is 16.7 Å². The van der Waals surface area contributed by atoms with E-state index in [0.29, 0.717) is 5.41 Å². The molecule has 0 aromatic carbocycles. The standard InChI is InChI=1S/C13H14N2O2/c14-7-10-3-4-11(17-10)12(16)15-8-13(9-15)5-1-2-6-13/h3-4H,1-2,5-6,8-9H2. The molecule has 1 aromatic heterocycles. The molecule has 2 aliphatic rings. The lowest BCUT2D eigenvalue weighted by atomic mass is 9.78. The number of furan rings is 1. The number of nitrogens with zero attached hydrogens (tertiary/aromatic N) is 2. The first-order valence-electron chi connectivity index (χ1n) is 6.02. The van der Waals surface area contributed by atoms with Crippen molar-refractivity contribution in [3.63, 3.8) is 0 Å². The number of hydrogen-bond acceptors (Lipinski definition) is 3. The summed E-state index contributed by atoms with van der Waals surface area (Å²) < 4.78 is 5.15. The second kappa shape index (κ2) is 3.63. The summed E-state index contributed by atoms with van der Waals surface area (Å²) in [5.74, 6) is 0.405. The van der Waals surface area contributed by atoms with Crippen molar-refractivity contribution in [3.8, 4) is 6.07 Å². The molecule has 17 heavy (non-hydrogen) atoms. The molecule has 0 N–H and O–H groups in total. The minimum atomic E-state index is -0.0796. The number of rotatable bonds is 1. The lowest BCUT2D eigenvalue weighted by Crippen LogP contribution is -2.57. The van der Waals surface area contributed by atoms with Crippen LogP contribution in [0.1, 0.15) is 42.0 Å². The van der Waals surface area contributed by atoms with Crippen molar-refractivity contribution in [2.45, 2.75) is 25.7 Å². The third kappa shape index (κ3) is 1.62. The molecule has 3 rings (SSSR count). The fraction of sp³-hybridized carbons (Fsp3) is 0.538. The van der Waals surface area contributed by atoms with Gasteiger partial charge in [0.05, 0.1) is 0 Å².